The average molecular weight is 331 g/mol. The van der Waals surface area contributed by atoms with Crippen molar-refractivity contribution >= 4 is 29.3 Å². The number of hydrogen-bond acceptors (Lipinski definition) is 3. The highest BCUT2D eigenvalue weighted by molar-refractivity contribution is 5.96. The van der Waals surface area contributed by atoms with E-state index < -0.39 is 11.9 Å². The van der Waals surface area contributed by atoms with Crippen molar-refractivity contribution in [2.45, 2.75) is 25.7 Å². The summed E-state index contributed by atoms with van der Waals surface area (Å²) in [4.78, 5) is 36.9. The first kappa shape index (κ1) is 16.3. The van der Waals surface area contributed by atoms with Crippen molar-refractivity contribution in [3.8, 4) is 0 Å². The molecule has 3 N–H and O–H groups in total. The quantitative estimate of drug-likeness (QED) is 0.786. The van der Waals surface area contributed by atoms with Crippen LogP contribution in [-0.4, -0.2) is 36.1 Å². The summed E-state index contributed by atoms with van der Waals surface area (Å²) in [7, 11) is 0. The third-order valence-corrected chi connectivity index (χ3v) is 4.66. The second-order valence-electron chi connectivity index (χ2n) is 6.32. The molecule has 0 unspecified atom stereocenters. The summed E-state index contributed by atoms with van der Waals surface area (Å²) in [6, 6.07) is 7.03. The Balaban J connectivity index is 1.65. The first-order valence-electron chi connectivity index (χ1n) is 8.23. The molecular formula is C17H21N3O4. The topological polar surface area (TPSA) is 98.7 Å². The van der Waals surface area contributed by atoms with E-state index >= 15 is 0 Å². The van der Waals surface area contributed by atoms with E-state index in [1.165, 1.54) is 0 Å². The Kier molecular flexibility index (Phi) is 4.69. The van der Waals surface area contributed by atoms with Gasteiger partial charge < -0.3 is 15.7 Å². The van der Waals surface area contributed by atoms with Crippen molar-refractivity contribution in [1.82, 2.24) is 5.32 Å². The van der Waals surface area contributed by atoms with Crippen LogP contribution >= 0.6 is 0 Å². The number of rotatable bonds is 4. The molecule has 7 nitrogen and oxygen atoms in total. The summed E-state index contributed by atoms with van der Waals surface area (Å²) < 4.78 is 0. The molecule has 128 valence electrons. The minimum atomic E-state index is -0.830. The Morgan fingerprint density at radius 3 is 2.75 bits per heavy atom. The van der Waals surface area contributed by atoms with Crippen molar-refractivity contribution in [1.29, 1.82) is 0 Å². The summed E-state index contributed by atoms with van der Waals surface area (Å²) in [5.41, 5.74) is 1.36. The van der Waals surface area contributed by atoms with Crippen molar-refractivity contribution in [2.75, 3.05) is 23.3 Å². The molecule has 2 atom stereocenters. The highest BCUT2D eigenvalue weighted by Gasteiger charge is 2.33. The Morgan fingerprint density at radius 1 is 1.25 bits per heavy atom. The van der Waals surface area contributed by atoms with Gasteiger partial charge in [-0.2, -0.15) is 0 Å². The van der Waals surface area contributed by atoms with Gasteiger partial charge >= 0.3 is 12.0 Å². The molecule has 1 aromatic rings. The molecule has 2 fully saturated rings. The van der Waals surface area contributed by atoms with Crippen LogP contribution in [0.1, 0.15) is 25.7 Å². The lowest BCUT2D eigenvalue weighted by Gasteiger charge is -2.27. The third kappa shape index (κ3) is 3.50. The van der Waals surface area contributed by atoms with Gasteiger partial charge in [-0.05, 0) is 43.9 Å². The number of carboxylic acids is 1. The maximum atomic E-state index is 12.3. The van der Waals surface area contributed by atoms with Crippen LogP contribution in [0.5, 0.6) is 0 Å². The van der Waals surface area contributed by atoms with Gasteiger partial charge in [-0.3, -0.25) is 14.5 Å². The third-order valence-electron chi connectivity index (χ3n) is 4.66. The van der Waals surface area contributed by atoms with Crippen molar-refractivity contribution in [2.24, 2.45) is 11.8 Å². The van der Waals surface area contributed by atoms with E-state index in [2.05, 4.69) is 10.6 Å². The molecule has 0 bridgehead atoms. The van der Waals surface area contributed by atoms with Gasteiger partial charge in [0, 0.05) is 30.4 Å². The lowest BCUT2D eigenvalue weighted by molar-refractivity contribution is -0.141. The second kappa shape index (κ2) is 6.90. The zero-order chi connectivity index (χ0) is 17.1. The lowest BCUT2D eigenvalue weighted by Crippen LogP contribution is -2.46. The highest BCUT2D eigenvalue weighted by atomic mass is 16.4. The van der Waals surface area contributed by atoms with E-state index in [4.69, 9.17) is 5.11 Å². The van der Waals surface area contributed by atoms with Crippen LogP contribution in [0.2, 0.25) is 0 Å². The van der Waals surface area contributed by atoms with E-state index in [-0.39, 0.29) is 17.9 Å². The molecule has 3 rings (SSSR count). The van der Waals surface area contributed by atoms with Crippen LogP contribution < -0.4 is 15.5 Å². The van der Waals surface area contributed by atoms with Crippen LogP contribution in [0.25, 0.3) is 0 Å². The summed E-state index contributed by atoms with van der Waals surface area (Å²) in [6.07, 6.45) is 2.40. The number of nitrogens with zero attached hydrogens (tertiary/aromatic N) is 1. The summed E-state index contributed by atoms with van der Waals surface area (Å²) >= 11 is 0. The number of benzene rings is 1. The summed E-state index contributed by atoms with van der Waals surface area (Å²) in [6.45, 7) is 1.32. The van der Waals surface area contributed by atoms with E-state index in [0.717, 1.165) is 12.1 Å². The summed E-state index contributed by atoms with van der Waals surface area (Å²) in [5.74, 6) is -1.68. The molecule has 0 spiro atoms. The standard InChI is InChI=1S/C17H21N3O4/c21-15(11-5-6-12(9-11)16(22)23)19-13-3-1-4-14(10-13)20-8-2-7-18-17(20)24/h1,3-4,10-12H,2,5-9H2,(H,18,24)(H,19,21)(H,22,23)/t11-,12+/m0/s1. The molecule has 1 saturated heterocycles. The van der Waals surface area contributed by atoms with Gasteiger partial charge in [0.25, 0.3) is 0 Å². The van der Waals surface area contributed by atoms with E-state index in [9.17, 15) is 14.4 Å². The van der Waals surface area contributed by atoms with Crippen LogP contribution in [-0.2, 0) is 9.59 Å². The van der Waals surface area contributed by atoms with Crippen LogP contribution in [0.3, 0.4) is 0 Å². The molecule has 1 saturated carbocycles. The van der Waals surface area contributed by atoms with Gasteiger partial charge in [0.2, 0.25) is 5.91 Å². The summed E-state index contributed by atoms with van der Waals surface area (Å²) in [5, 5.41) is 14.7. The Morgan fingerprint density at radius 2 is 2.04 bits per heavy atom. The Hall–Kier alpha value is -2.57. The molecule has 1 aliphatic heterocycles. The Labute approximate surface area is 140 Å². The minimum absolute atomic E-state index is 0.134. The number of carbonyl (C=O) groups excluding carboxylic acids is 2. The zero-order valence-corrected chi connectivity index (χ0v) is 13.3. The zero-order valence-electron chi connectivity index (χ0n) is 13.3. The minimum Gasteiger partial charge on any atom is -0.481 e. The fraction of sp³-hybridized carbons (Fsp3) is 0.471. The van der Waals surface area contributed by atoms with Gasteiger partial charge in [0.05, 0.1) is 5.92 Å². The monoisotopic (exact) mass is 331 g/mol. The molecule has 7 heteroatoms. The fourth-order valence-electron chi connectivity index (χ4n) is 3.32. The molecule has 24 heavy (non-hydrogen) atoms. The first-order chi connectivity index (χ1) is 11.5. The van der Waals surface area contributed by atoms with Crippen molar-refractivity contribution < 1.29 is 19.5 Å². The van der Waals surface area contributed by atoms with Crippen LogP contribution in [0.4, 0.5) is 16.2 Å². The molecule has 1 aromatic carbocycles. The number of urea groups is 1. The smallest absolute Gasteiger partial charge is 0.321 e. The number of carboxylic acid groups (broad SMARTS) is 1. The number of amides is 3. The number of aliphatic carboxylic acids is 1. The van der Waals surface area contributed by atoms with Gasteiger partial charge in [-0.1, -0.05) is 6.07 Å². The molecule has 3 amide bonds. The van der Waals surface area contributed by atoms with E-state index in [1.54, 1.807) is 23.1 Å². The van der Waals surface area contributed by atoms with Gasteiger partial charge in [-0.25, -0.2) is 4.79 Å². The first-order valence-corrected chi connectivity index (χ1v) is 8.23. The maximum Gasteiger partial charge on any atom is 0.321 e. The van der Waals surface area contributed by atoms with Gasteiger partial charge in [0.1, 0.15) is 0 Å². The van der Waals surface area contributed by atoms with E-state index in [0.29, 0.717) is 38.0 Å². The normalized spacial score (nSPS) is 23.7. The SMILES string of the molecule is O=C(O)[C@@H]1CC[C@H](C(=O)Nc2cccc(N3CCCNC3=O)c2)C1. The predicted octanol–water partition coefficient (Wildman–Crippen LogP) is 2.05. The predicted molar refractivity (Wildman–Crippen MR) is 88.9 cm³/mol. The number of nitrogens with one attached hydrogen (secondary N) is 2. The molecule has 0 radical (unpaired) electrons. The fourth-order valence-corrected chi connectivity index (χ4v) is 3.32. The van der Waals surface area contributed by atoms with Gasteiger partial charge in [0.15, 0.2) is 0 Å². The molecule has 2 aliphatic rings. The number of hydrogen-bond donors (Lipinski definition) is 3. The van der Waals surface area contributed by atoms with Crippen molar-refractivity contribution in [3.63, 3.8) is 0 Å². The van der Waals surface area contributed by atoms with Crippen LogP contribution in [0.15, 0.2) is 24.3 Å². The van der Waals surface area contributed by atoms with E-state index in [1.807, 2.05) is 6.07 Å². The average Bonchev–Trinajstić information content (AvgIpc) is 3.06. The molecule has 1 aliphatic carbocycles. The molecule has 1 heterocycles. The Bertz CT molecular complexity index is 661. The number of carbonyl (C=O) groups is 3. The second-order valence-corrected chi connectivity index (χ2v) is 6.32. The highest BCUT2D eigenvalue weighted by Crippen LogP contribution is 2.32. The van der Waals surface area contributed by atoms with Gasteiger partial charge in [-0.15, -0.1) is 0 Å². The largest absolute Gasteiger partial charge is 0.481 e. The lowest BCUT2D eigenvalue weighted by atomic mass is 10.0. The van der Waals surface area contributed by atoms with Crippen molar-refractivity contribution in [3.05, 3.63) is 24.3 Å². The molecular weight excluding hydrogens is 310 g/mol. The number of anilines is 2. The maximum absolute atomic E-state index is 12.3. The van der Waals surface area contributed by atoms with Crippen LogP contribution in [0, 0.1) is 11.8 Å². The molecule has 0 aromatic heterocycles.